The molecule has 6 fully saturated rings. The van der Waals surface area contributed by atoms with Crippen molar-refractivity contribution in [2.45, 2.75) is 110 Å². The Balaban J connectivity index is 1.31. The van der Waals surface area contributed by atoms with E-state index < -0.39 is 6.10 Å². The van der Waals surface area contributed by atoms with Gasteiger partial charge in [-0.05, 0) is 96.7 Å². The molecule has 6 heteroatoms. The number of methoxy groups -OCH3 is 1. The zero-order valence-electron chi connectivity index (χ0n) is 23.5. The summed E-state index contributed by atoms with van der Waals surface area (Å²) in [5.74, 6) is 1.88. The zero-order valence-corrected chi connectivity index (χ0v) is 23.5. The SMILES string of the molecule is COC(=O)N(C)C[C@H]1C[C@@H](C)[C@H]2[C@H](O1)[C@H](O)[C@@]1(C)[C@@H]3CC[C@H]4C(C)(C)[C@@H](O)CC[C@@]45C[C@@]35CC[C@]21C. The van der Waals surface area contributed by atoms with E-state index in [1.807, 2.05) is 0 Å². The fourth-order valence-corrected chi connectivity index (χ4v) is 12.0. The molecule has 0 unspecified atom stereocenters. The number of rotatable bonds is 2. The van der Waals surface area contributed by atoms with Crippen molar-refractivity contribution < 1.29 is 24.5 Å². The predicted molar refractivity (Wildman–Crippen MR) is 137 cm³/mol. The van der Waals surface area contributed by atoms with Gasteiger partial charge in [0.25, 0.3) is 0 Å². The minimum atomic E-state index is -0.486. The molecule has 0 aromatic heterocycles. The van der Waals surface area contributed by atoms with Crippen LogP contribution >= 0.6 is 0 Å². The zero-order chi connectivity index (χ0) is 26.1. The first kappa shape index (κ1) is 25.4. The first-order chi connectivity index (χ1) is 16.8. The van der Waals surface area contributed by atoms with E-state index in [2.05, 4.69) is 34.6 Å². The molecule has 5 aliphatic carbocycles. The van der Waals surface area contributed by atoms with Crippen molar-refractivity contribution in [1.82, 2.24) is 4.90 Å². The third-order valence-corrected chi connectivity index (χ3v) is 13.8. The van der Waals surface area contributed by atoms with E-state index in [0.717, 1.165) is 32.1 Å². The molecule has 1 amide bonds. The summed E-state index contributed by atoms with van der Waals surface area (Å²) in [6.07, 6.45) is 7.78. The summed E-state index contributed by atoms with van der Waals surface area (Å²) in [5.41, 5.74) is 0.532. The van der Waals surface area contributed by atoms with Gasteiger partial charge in [-0.15, -0.1) is 0 Å². The Kier molecular flexibility index (Phi) is 5.39. The molecule has 2 N–H and O–H groups in total. The van der Waals surface area contributed by atoms with Gasteiger partial charge in [0.15, 0.2) is 0 Å². The second kappa shape index (κ2) is 7.63. The van der Waals surface area contributed by atoms with Crippen LogP contribution in [0.4, 0.5) is 4.79 Å². The van der Waals surface area contributed by atoms with E-state index in [9.17, 15) is 15.0 Å². The molecule has 2 spiro atoms. The van der Waals surface area contributed by atoms with Crippen molar-refractivity contribution in [3.8, 4) is 0 Å². The summed E-state index contributed by atoms with van der Waals surface area (Å²) in [6, 6.07) is 0. The third kappa shape index (κ3) is 2.77. The van der Waals surface area contributed by atoms with Gasteiger partial charge in [0.05, 0.1) is 31.5 Å². The van der Waals surface area contributed by atoms with E-state index in [1.54, 1.807) is 11.9 Å². The lowest BCUT2D eigenvalue weighted by Gasteiger charge is -2.63. The molecular formula is C30H49NO5. The molecule has 0 aromatic rings. The lowest BCUT2D eigenvalue weighted by molar-refractivity contribution is -0.182. The number of carbonyl (C=O) groups is 1. The predicted octanol–water partition coefficient (Wildman–Crippen LogP) is 4.86. The second-order valence-electron chi connectivity index (χ2n) is 15.0. The lowest BCUT2D eigenvalue weighted by atomic mass is 9.41. The van der Waals surface area contributed by atoms with Crippen molar-refractivity contribution in [2.75, 3.05) is 20.7 Å². The number of carbonyl (C=O) groups excluding carboxylic acids is 1. The number of aliphatic hydroxyl groups is 2. The molecule has 1 heterocycles. The monoisotopic (exact) mass is 503 g/mol. The summed E-state index contributed by atoms with van der Waals surface area (Å²) >= 11 is 0. The van der Waals surface area contributed by atoms with E-state index >= 15 is 0 Å². The number of ether oxygens (including phenoxy) is 2. The Morgan fingerprint density at radius 2 is 1.69 bits per heavy atom. The molecule has 6 aliphatic rings. The quantitative estimate of drug-likeness (QED) is 0.563. The average molecular weight is 504 g/mol. The Labute approximate surface area is 217 Å². The highest BCUT2D eigenvalue weighted by molar-refractivity contribution is 5.66. The van der Waals surface area contributed by atoms with E-state index in [0.29, 0.717) is 41.0 Å². The molecule has 12 atom stereocenters. The molecule has 1 saturated heterocycles. The van der Waals surface area contributed by atoms with Crippen LogP contribution in [0.15, 0.2) is 0 Å². The van der Waals surface area contributed by atoms with Crippen LogP contribution in [0.1, 0.15) is 86.0 Å². The molecule has 5 saturated carbocycles. The van der Waals surface area contributed by atoms with E-state index in [4.69, 9.17) is 9.47 Å². The van der Waals surface area contributed by atoms with Crippen LogP contribution in [0.2, 0.25) is 0 Å². The molecule has 36 heavy (non-hydrogen) atoms. The van der Waals surface area contributed by atoms with Gasteiger partial charge < -0.3 is 24.6 Å². The highest BCUT2D eigenvalue weighted by Gasteiger charge is 2.84. The summed E-state index contributed by atoms with van der Waals surface area (Å²) in [4.78, 5) is 13.6. The van der Waals surface area contributed by atoms with Gasteiger partial charge >= 0.3 is 6.09 Å². The van der Waals surface area contributed by atoms with Gasteiger partial charge in [-0.2, -0.15) is 0 Å². The Morgan fingerprint density at radius 3 is 2.39 bits per heavy atom. The number of hydrogen-bond acceptors (Lipinski definition) is 5. The van der Waals surface area contributed by atoms with Crippen LogP contribution in [0.5, 0.6) is 0 Å². The average Bonchev–Trinajstić information content (AvgIpc) is 3.46. The van der Waals surface area contributed by atoms with E-state index in [-0.39, 0.29) is 40.7 Å². The summed E-state index contributed by atoms with van der Waals surface area (Å²) < 4.78 is 11.6. The molecule has 0 radical (unpaired) electrons. The van der Waals surface area contributed by atoms with Gasteiger partial charge in [-0.1, -0.05) is 34.6 Å². The minimum absolute atomic E-state index is 0.0207. The third-order valence-electron chi connectivity index (χ3n) is 13.8. The van der Waals surface area contributed by atoms with Crippen molar-refractivity contribution >= 4 is 6.09 Å². The lowest BCUT2D eigenvalue weighted by Crippen LogP contribution is -2.59. The Hall–Kier alpha value is -0.850. The van der Waals surface area contributed by atoms with Crippen molar-refractivity contribution in [3.05, 3.63) is 0 Å². The summed E-state index contributed by atoms with van der Waals surface area (Å²) in [7, 11) is 3.17. The maximum Gasteiger partial charge on any atom is 0.409 e. The first-order valence-electron chi connectivity index (χ1n) is 14.6. The highest BCUT2D eigenvalue weighted by atomic mass is 16.5. The van der Waals surface area contributed by atoms with Crippen LogP contribution in [0.3, 0.4) is 0 Å². The standard InChI is InChI=1S/C30H49NO5/c1-17-14-18(15-31(6)25(34)35-7)36-23-22(17)27(4)12-13-30-16-29(30)11-10-21(32)26(2,3)19(29)8-9-20(30)28(27,5)24(23)33/h17-24,32-33H,8-16H2,1-7H3/t17-,18-,19+,20+,21+,22+,23+,24+,27-,28-,29-,30+/m1/s1. The van der Waals surface area contributed by atoms with Gasteiger partial charge in [0, 0.05) is 19.0 Å². The Morgan fingerprint density at radius 1 is 1.03 bits per heavy atom. The molecule has 0 aromatic carbocycles. The molecule has 6 rings (SSSR count). The van der Waals surface area contributed by atoms with Gasteiger partial charge in [0.1, 0.15) is 0 Å². The molecular weight excluding hydrogens is 454 g/mol. The van der Waals surface area contributed by atoms with E-state index in [1.165, 1.54) is 26.4 Å². The number of nitrogens with zero attached hydrogens (tertiary/aromatic N) is 1. The van der Waals surface area contributed by atoms with Crippen LogP contribution < -0.4 is 0 Å². The van der Waals surface area contributed by atoms with Crippen LogP contribution in [0, 0.1) is 50.7 Å². The molecule has 6 nitrogen and oxygen atoms in total. The topological polar surface area (TPSA) is 79.2 Å². The van der Waals surface area contributed by atoms with Crippen LogP contribution in [-0.4, -0.2) is 66.3 Å². The summed E-state index contributed by atoms with van der Waals surface area (Å²) in [6.45, 7) is 12.4. The number of fused-ring (bicyclic) bond motifs is 4. The van der Waals surface area contributed by atoms with Crippen LogP contribution in [-0.2, 0) is 9.47 Å². The van der Waals surface area contributed by atoms with Crippen molar-refractivity contribution in [3.63, 3.8) is 0 Å². The smallest absolute Gasteiger partial charge is 0.409 e. The number of aliphatic hydroxyl groups excluding tert-OH is 2. The van der Waals surface area contributed by atoms with Crippen molar-refractivity contribution in [2.24, 2.45) is 50.7 Å². The highest BCUT2D eigenvalue weighted by Crippen LogP contribution is 2.89. The molecule has 0 bridgehead atoms. The first-order valence-corrected chi connectivity index (χ1v) is 14.6. The molecule has 204 valence electrons. The maximum atomic E-state index is 12.2. The van der Waals surface area contributed by atoms with Gasteiger partial charge in [-0.3, -0.25) is 0 Å². The van der Waals surface area contributed by atoms with Gasteiger partial charge in [0.2, 0.25) is 0 Å². The van der Waals surface area contributed by atoms with Gasteiger partial charge in [-0.25, -0.2) is 4.79 Å². The van der Waals surface area contributed by atoms with Crippen LogP contribution in [0.25, 0.3) is 0 Å². The number of likely N-dealkylation sites (N-methyl/N-ethyl adjacent to an activating group) is 1. The molecule has 1 aliphatic heterocycles. The number of amides is 1. The minimum Gasteiger partial charge on any atom is -0.453 e. The number of hydrogen-bond donors (Lipinski definition) is 2. The Bertz CT molecular complexity index is 938. The second-order valence-corrected chi connectivity index (χ2v) is 15.0. The fourth-order valence-electron chi connectivity index (χ4n) is 12.0. The van der Waals surface area contributed by atoms with Crippen molar-refractivity contribution in [1.29, 1.82) is 0 Å². The summed E-state index contributed by atoms with van der Waals surface area (Å²) in [5, 5.41) is 23.1. The largest absolute Gasteiger partial charge is 0.453 e. The maximum absolute atomic E-state index is 12.2. The fraction of sp³-hybridized carbons (Fsp3) is 0.967. The normalized spacial score (nSPS) is 56.4.